The second kappa shape index (κ2) is 7.58. The van der Waals surface area contributed by atoms with Crippen molar-refractivity contribution in [1.29, 1.82) is 0 Å². The highest BCUT2D eigenvalue weighted by Gasteiger charge is 2.49. The van der Waals surface area contributed by atoms with Gasteiger partial charge < -0.3 is 9.05 Å². The molecule has 0 spiro atoms. The van der Waals surface area contributed by atoms with E-state index in [9.17, 15) is 18.7 Å². The molecule has 156 valence electrons. The largest absolute Gasteiger partial charge is 0.319 e. The summed E-state index contributed by atoms with van der Waals surface area (Å²) in [4.78, 5) is 24.7. The third-order valence-electron chi connectivity index (χ3n) is 5.21. The van der Waals surface area contributed by atoms with Gasteiger partial charge in [0.05, 0.1) is 0 Å². The van der Waals surface area contributed by atoms with E-state index in [0.717, 1.165) is 35.7 Å². The molecule has 0 aromatic rings. The van der Waals surface area contributed by atoms with Crippen LogP contribution in [0.2, 0.25) is 0 Å². The number of rotatable bonds is 10. The molecule has 2 atom stereocenters. The Morgan fingerprint density at radius 1 is 0.852 bits per heavy atom. The number of nitrogens with one attached hydrogen (secondary N) is 2. The number of amides is 2. The highest BCUT2D eigenvalue weighted by atomic mass is 31.2. The fourth-order valence-electron chi connectivity index (χ4n) is 2.67. The van der Waals surface area contributed by atoms with Gasteiger partial charge in [0.25, 0.3) is 15.0 Å². The molecule has 0 aliphatic heterocycles. The first-order chi connectivity index (χ1) is 12.3. The average molecular weight is 424 g/mol. The zero-order valence-electron chi connectivity index (χ0n) is 16.8. The lowest BCUT2D eigenvalue weighted by atomic mass is 10.1. The Kier molecular flexibility index (Phi) is 6.32. The number of carbonyl (C=O) groups is 2. The van der Waals surface area contributed by atoms with Crippen molar-refractivity contribution in [3.05, 3.63) is 0 Å². The summed E-state index contributed by atoms with van der Waals surface area (Å²) in [6, 6.07) is 0. The number of hydrogen-bond acceptors (Lipinski definition) is 6. The van der Waals surface area contributed by atoms with Crippen LogP contribution in [0.1, 0.15) is 39.5 Å². The third kappa shape index (κ3) is 5.19. The van der Waals surface area contributed by atoms with Gasteiger partial charge in [-0.2, -0.15) is 10.4 Å². The monoisotopic (exact) mass is 424 g/mol. The Morgan fingerprint density at radius 3 is 1.37 bits per heavy atom. The second-order valence-corrected chi connectivity index (χ2v) is 12.9. The topological polar surface area (TPSA) is 117 Å². The highest BCUT2D eigenvalue weighted by Crippen LogP contribution is 2.58. The maximum atomic E-state index is 13.1. The van der Waals surface area contributed by atoms with E-state index in [0.29, 0.717) is 0 Å². The van der Waals surface area contributed by atoms with Crippen LogP contribution in [0.25, 0.3) is 0 Å². The van der Waals surface area contributed by atoms with Crippen LogP contribution < -0.4 is 10.4 Å². The van der Waals surface area contributed by atoms with Gasteiger partial charge in [-0.25, -0.2) is 0 Å². The Morgan fingerprint density at radius 2 is 1.15 bits per heavy atom. The molecular weight excluding hydrogens is 394 g/mol. The van der Waals surface area contributed by atoms with Crippen LogP contribution >= 0.6 is 15.0 Å². The van der Waals surface area contributed by atoms with E-state index in [2.05, 4.69) is 10.4 Å². The lowest BCUT2D eigenvalue weighted by Crippen LogP contribution is -2.44. The first kappa shape index (κ1) is 22.5. The second-order valence-electron chi connectivity index (χ2n) is 7.90. The van der Waals surface area contributed by atoms with Crippen molar-refractivity contribution in [2.75, 3.05) is 34.2 Å². The molecule has 2 amide bonds. The van der Waals surface area contributed by atoms with Crippen molar-refractivity contribution in [2.45, 2.75) is 39.5 Å². The predicted molar refractivity (Wildman–Crippen MR) is 101 cm³/mol. The van der Waals surface area contributed by atoms with E-state index in [1.807, 2.05) is 13.8 Å². The van der Waals surface area contributed by atoms with E-state index >= 15 is 0 Å². The number of hydrazine groups is 2. The van der Waals surface area contributed by atoms with Crippen molar-refractivity contribution < 1.29 is 27.8 Å². The number of carbonyl (C=O) groups excluding carboxylic acids is 2. The van der Waals surface area contributed by atoms with Gasteiger partial charge in [0.15, 0.2) is 0 Å². The maximum Gasteiger partial charge on any atom is 0.297 e. The molecular formula is C15H30N4O6P2. The van der Waals surface area contributed by atoms with Gasteiger partial charge in [0.1, 0.15) is 5.90 Å². The predicted octanol–water partition coefficient (Wildman–Crippen LogP) is 2.15. The molecule has 0 aromatic carbocycles. The zero-order chi connectivity index (χ0) is 20.7. The lowest BCUT2D eigenvalue weighted by Gasteiger charge is -2.31. The van der Waals surface area contributed by atoms with Crippen LogP contribution in [0.5, 0.6) is 0 Å². The molecule has 2 saturated carbocycles. The molecule has 27 heavy (non-hydrogen) atoms. The van der Waals surface area contributed by atoms with Crippen molar-refractivity contribution in [2.24, 2.45) is 10.8 Å². The summed E-state index contributed by atoms with van der Waals surface area (Å²) in [5.41, 5.74) is -0.925. The third-order valence-corrected chi connectivity index (χ3v) is 10.6. The first-order valence-electron chi connectivity index (χ1n) is 8.74. The maximum absolute atomic E-state index is 13.1. The minimum atomic E-state index is -3.74. The highest BCUT2D eigenvalue weighted by molar-refractivity contribution is 7.74. The Bertz CT molecular complexity index is 648. The molecule has 2 rings (SSSR count). The SMILES string of the molecule is COP(=O)(CP(=O)(NN(C)C(=O)C1(C)CC1)OC)NN(C)C(=O)C1(C)CC1. The van der Waals surface area contributed by atoms with E-state index in [-0.39, 0.29) is 11.8 Å². The van der Waals surface area contributed by atoms with Crippen molar-refractivity contribution in [3.8, 4) is 0 Å². The number of nitrogens with zero attached hydrogens (tertiary/aromatic N) is 2. The molecule has 0 heterocycles. The van der Waals surface area contributed by atoms with Crippen LogP contribution in [0.3, 0.4) is 0 Å². The van der Waals surface area contributed by atoms with Crippen LogP contribution in [0, 0.1) is 10.8 Å². The normalized spacial score (nSPS) is 23.6. The fraction of sp³-hybridized carbons (Fsp3) is 0.867. The first-order valence-corrected chi connectivity index (χ1v) is 12.4. The minimum Gasteiger partial charge on any atom is -0.319 e. The van der Waals surface area contributed by atoms with Gasteiger partial charge in [-0.3, -0.25) is 28.7 Å². The summed E-state index contributed by atoms with van der Waals surface area (Å²) >= 11 is 0. The molecule has 0 radical (unpaired) electrons. The lowest BCUT2D eigenvalue weighted by molar-refractivity contribution is -0.137. The van der Waals surface area contributed by atoms with Crippen LogP contribution in [-0.2, 0) is 27.8 Å². The molecule has 10 nitrogen and oxygen atoms in total. The van der Waals surface area contributed by atoms with Crippen molar-refractivity contribution >= 4 is 26.9 Å². The van der Waals surface area contributed by atoms with Gasteiger partial charge in [0.2, 0.25) is 11.8 Å². The quantitative estimate of drug-likeness (QED) is 0.405. The summed E-state index contributed by atoms with van der Waals surface area (Å²) in [5.74, 6) is -0.960. The van der Waals surface area contributed by atoms with E-state index < -0.39 is 31.8 Å². The van der Waals surface area contributed by atoms with Crippen molar-refractivity contribution in [3.63, 3.8) is 0 Å². The van der Waals surface area contributed by atoms with Crippen LogP contribution in [0.15, 0.2) is 0 Å². The molecule has 0 bridgehead atoms. The smallest absolute Gasteiger partial charge is 0.297 e. The van der Waals surface area contributed by atoms with E-state index in [4.69, 9.17) is 9.05 Å². The molecule has 2 unspecified atom stereocenters. The van der Waals surface area contributed by atoms with Gasteiger partial charge in [0, 0.05) is 39.1 Å². The Labute approximate surface area is 160 Å². The standard InChI is InChI=1S/C15H30N4O6P2/c1-14(7-8-14)12(20)18(3)16-26(22,24-5)11-27(23,25-6)17-19(4)13(21)15(2)9-10-15/h7-11H2,1-6H3,(H,16,22)(H,17,23). The van der Waals surface area contributed by atoms with Gasteiger partial charge in [-0.15, -0.1) is 0 Å². The zero-order valence-corrected chi connectivity index (χ0v) is 18.6. The number of hydrogen-bond donors (Lipinski definition) is 2. The van der Waals surface area contributed by atoms with E-state index in [1.54, 1.807) is 0 Å². The van der Waals surface area contributed by atoms with Crippen molar-refractivity contribution in [1.82, 2.24) is 20.4 Å². The summed E-state index contributed by atoms with van der Waals surface area (Å²) in [6.45, 7) is 3.65. The molecule has 2 fully saturated rings. The molecule has 2 N–H and O–H groups in total. The molecule has 12 heteroatoms. The molecule has 0 aromatic heterocycles. The minimum absolute atomic E-state index is 0.214. The molecule has 2 aliphatic rings. The Hall–Kier alpha value is -0.760. The fourth-order valence-corrected chi connectivity index (χ4v) is 7.32. The van der Waals surface area contributed by atoms with Gasteiger partial charge in [-0.05, 0) is 25.7 Å². The van der Waals surface area contributed by atoms with Gasteiger partial charge in [-0.1, -0.05) is 13.8 Å². The Balaban J connectivity index is 2.05. The molecule has 0 saturated heterocycles. The van der Waals surface area contributed by atoms with Crippen LogP contribution in [-0.4, -0.2) is 56.1 Å². The van der Waals surface area contributed by atoms with Crippen LogP contribution in [0.4, 0.5) is 0 Å². The molecule has 2 aliphatic carbocycles. The summed E-state index contributed by atoms with van der Waals surface area (Å²) in [5, 5.41) is 7.34. The van der Waals surface area contributed by atoms with Gasteiger partial charge >= 0.3 is 0 Å². The summed E-state index contributed by atoms with van der Waals surface area (Å²) < 4.78 is 36.2. The van der Waals surface area contributed by atoms with E-state index in [1.165, 1.54) is 28.3 Å². The summed E-state index contributed by atoms with van der Waals surface area (Å²) in [6.07, 6.45) is 3.05. The summed E-state index contributed by atoms with van der Waals surface area (Å²) in [7, 11) is -2.17. The average Bonchev–Trinajstić information content (AvgIpc) is 3.52.